The van der Waals surface area contributed by atoms with Gasteiger partial charge in [0.15, 0.2) is 0 Å². The maximum absolute atomic E-state index is 10.5. The van der Waals surface area contributed by atoms with Gasteiger partial charge in [0.05, 0.1) is 0 Å². The van der Waals surface area contributed by atoms with Crippen molar-refractivity contribution in [1.82, 2.24) is 5.31 Å². The number of carbonyl (C=O) groups is 2. The van der Waals surface area contributed by atoms with Crippen molar-refractivity contribution >= 4 is 11.9 Å². The van der Waals surface area contributed by atoms with Crippen molar-refractivity contribution in [2.75, 3.05) is 0 Å². The van der Waals surface area contributed by atoms with Crippen molar-refractivity contribution in [3.63, 3.8) is 0 Å². The van der Waals surface area contributed by atoms with Crippen LogP contribution >= 0.6 is 0 Å². The van der Waals surface area contributed by atoms with Gasteiger partial charge < -0.3 is 20.4 Å². The lowest BCUT2D eigenvalue weighted by Gasteiger charge is -2.10. The van der Waals surface area contributed by atoms with Gasteiger partial charge in [-0.05, 0) is 0 Å². The summed E-state index contributed by atoms with van der Waals surface area (Å²) in [6.45, 7) is 0. The molecule has 5 N–H and O–H groups in total. The van der Waals surface area contributed by atoms with Crippen LogP contribution in [0.5, 0.6) is 0 Å². The Bertz CT molecular complexity index is 245. The molecule has 0 spiro atoms. The zero-order valence-electron chi connectivity index (χ0n) is 7.36. The third-order valence-corrected chi connectivity index (χ3v) is 1.82. The summed E-state index contributed by atoms with van der Waals surface area (Å²) in [4.78, 5) is 21.0. The highest BCUT2D eigenvalue weighted by atomic mass is 16.4. The Kier molecular flexibility index (Phi) is 2.13. The van der Waals surface area contributed by atoms with Crippen LogP contribution in [0.4, 0.5) is 0 Å². The molecule has 7 nitrogen and oxygen atoms in total. The second-order valence-corrected chi connectivity index (χ2v) is 2.70. The number of hydrogen-bond acceptors (Lipinski definition) is 5. The summed E-state index contributed by atoms with van der Waals surface area (Å²) in [7, 11) is 0. The first-order valence-corrected chi connectivity index (χ1v) is 3.47. The molecule has 7 heteroatoms. The van der Waals surface area contributed by atoms with Gasteiger partial charge in [0, 0.05) is 0 Å². The fourth-order valence-electron chi connectivity index (χ4n) is 1.14. The molecule has 0 bridgehead atoms. The van der Waals surface area contributed by atoms with Crippen molar-refractivity contribution in [2.24, 2.45) is 0 Å². The Hall–Kier alpha value is -1.18. The van der Waals surface area contributed by atoms with Gasteiger partial charge in [0.2, 0.25) is 0 Å². The van der Waals surface area contributed by atoms with Crippen LogP contribution in [0, 0.1) is 0 Å². The zero-order valence-corrected chi connectivity index (χ0v) is 6.36. The van der Waals surface area contributed by atoms with Crippen LogP contribution in [0.2, 0.25) is 1.41 Å². The van der Waals surface area contributed by atoms with E-state index in [4.69, 9.17) is 21.8 Å². The number of rotatable bonds is 2. The van der Waals surface area contributed by atoms with Crippen LogP contribution in [-0.2, 0) is 9.59 Å². The average molecular weight is 192 g/mol. The van der Waals surface area contributed by atoms with E-state index in [2.05, 4.69) is 0 Å². The molecule has 1 rings (SSSR count). The van der Waals surface area contributed by atoms with E-state index in [0.29, 0.717) is 0 Å². The number of carboxylic acids is 2. The summed E-state index contributed by atoms with van der Waals surface area (Å²) in [6, 6.07) is -3.43. The second kappa shape index (κ2) is 3.29. The third kappa shape index (κ3) is 1.62. The number of nitrogens with one attached hydrogen (secondary N) is 1. The molecular weight excluding hydrogens is 182 g/mol. The quantitative estimate of drug-likeness (QED) is 0.320. The summed E-state index contributed by atoms with van der Waals surface area (Å²) in [5.41, 5.74) is 0. The third-order valence-electron chi connectivity index (χ3n) is 1.82. The van der Waals surface area contributed by atoms with Crippen LogP contribution < -0.4 is 5.31 Å². The monoisotopic (exact) mass is 192 g/mol. The van der Waals surface area contributed by atoms with Gasteiger partial charge in [-0.2, -0.15) is 0 Å². The average Bonchev–Trinajstić information content (AvgIpc) is 2.23. The van der Waals surface area contributed by atoms with Gasteiger partial charge in [-0.1, -0.05) is 0 Å². The Morgan fingerprint density at radius 3 is 1.54 bits per heavy atom. The number of aliphatic hydroxyl groups is 2. The summed E-state index contributed by atoms with van der Waals surface area (Å²) < 4.78 is 7.12. The topological polar surface area (TPSA) is 127 Å². The lowest BCUT2D eigenvalue weighted by Crippen LogP contribution is -2.42. The minimum Gasteiger partial charge on any atom is -0.480 e. The molecule has 0 aromatic carbocycles. The molecule has 0 amide bonds. The summed E-state index contributed by atoms with van der Waals surface area (Å²) in [5.74, 6) is -3.09. The van der Waals surface area contributed by atoms with E-state index < -0.39 is 36.2 Å². The highest BCUT2D eigenvalue weighted by molar-refractivity contribution is 5.80. The summed E-state index contributed by atoms with van der Waals surface area (Å²) >= 11 is 0. The summed E-state index contributed by atoms with van der Waals surface area (Å²) in [5, 5.41) is 35.6. The molecule has 0 aromatic rings. The summed E-state index contributed by atoms with van der Waals surface area (Å²) in [6.07, 6.45) is -3.54. The SMILES string of the molecule is [2H]N1[C@H](C(=O)O)[C@H](O)[C@@H](O)[C@H]1C(=O)O. The predicted molar refractivity (Wildman–Crippen MR) is 38.0 cm³/mol. The van der Waals surface area contributed by atoms with Crippen LogP contribution in [-0.4, -0.2) is 56.7 Å². The second-order valence-electron chi connectivity index (χ2n) is 2.70. The molecule has 13 heavy (non-hydrogen) atoms. The van der Waals surface area contributed by atoms with E-state index in [9.17, 15) is 9.59 Å². The minimum absolute atomic E-state index is 0.181. The van der Waals surface area contributed by atoms with E-state index in [1.54, 1.807) is 0 Å². The minimum atomic E-state index is -1.77. The van der Waals surface area contributed by atoms with Crippen LogP contribution in [0.15, 0.2) is 0 Å². The lowest BCUT2D eigenvalue weighted by atomic mass is 10.1. The van der Waals surface area contributed by atoms with E-state index in [-0.39, 0.29) is 5.31 Å². The van der Waals surface area contributed by atoms with E-state index in [1.165, 1.54) is 0 Å². The number of carboxylic acid groups (broad SMARTS) is 2. The predicted octanol–water partition coefficient (Wildman–Crippen LogP) is -2.78. The maximum Gasteiger partial charge on any atom is 0.323 e. The molecule has 1 fully saturated rings. The molecule has 1 heterocycles. The smallest absolute Gasteiger partial charge is 0.323 e. The maximum atomic E-state index is 10.5. The van der Waals surface area contributed by atoms with Crippen molar-refractivity contribution in [1.29, 1.82) is 0 Å². The molecule has 0 radical (unpaired) electrons. The Labute approximate surface area is 74.1 Å². The highest BCUT2D eigenvalue weighted by Crippen LogP contribution is 2.14. The number of hydrogen-bond donors (Lipinski definition) is 5. The molecule has 74 valence electrons. The molecule has 1 aliphatic heterocycles. The molecule has 0 aliphatic carbocycles. The van der Waals surface area contributed by atoms with Crippen molar-refractivity contribution in [3.05, 3.63) is 0 Å². The van der Waals surface area contributed by atoms with Gasteiger partial charge in [-0.15, -0.1) is 0 Å². The van der Waals surface area contributed by atoms with Gasteiger partial charge in [0.25, 0.3) is 0 Å². The number of aliphatic hydroxyl groups excluding tert-OH is 2. The molecule has 1 saturated heterocycles. The first kappa shape index (κ1) is 8.42. The van der Waals surface area contributed by atoms with Crippen molar-refractivity contribution < 1.29 is 31.4 Å². The molecule has 4 atom stereocenters. The zero-order chi connectivity index (χ0) is 11.0. The van der Waals surface area contributed by atoms with Gasteiger partial charge >= 0.3 is 11.9 Å². The molecular formula is C6H9NO6. The van der Waals surface area contributed by atoms with E-state index >= 15 is 0 Å². The van der Waals surface area contributed by atoms with Crippen LogP contribution in [0.25, 0.3) is 0 Å². The van der Waals surface area contributed by atoms with Crippen LogP contribution in [0.3, 0.4) is 0 Å². The molecule has 0 saturated carbocycles. The Morgan fingerprint density at radius 1 is 1.08 bits per heavy atom. The Balaban J connectivity index is 2.96. The molecule has 1 aliphatic rings. The van der Waals surface area contributed by atoms with Gasteiger partial charge in [-0.3, -0.25) is 14.9 Å². The van der Waals surface area contributed by atoms with E-state index in [1.807, 2.05) is 0 Å². The highest BCUT2D eigenvalue weighted by Gasteiger charge is 2.47. The van der Waals surface area contributed by atoms with Gasteiger partial charge in [-0.25, -0.2) is 0 Å². The van der Waals surface area contributed by atoms with E-state index in [0.717, 1.165) is 0 Å². The van der Waals surface area contributed by atoms with Crippen LogP contribution in [0.1, 0.15) is 0 Å². The number of aliphatic carboxylic acids is 2. The largest absolute Gasteiger partial charge is 0.480 e. The first-order chi connectivity index (χ1) is 6.37. The normalized spacial score (nSPS) is 41.5. The van der Waals surface area contributed by atoms with Crippen molar-refractivity contribution in [3.8, 4) is 0 Å². The van der Waals surface area contributed by atoms with Crippen molar-refractivity contribution in [2.45, 2.75) is 24.3 Å². The van der Waals surface area contributed by atoms with Gasteiger partial charge in [0.1, 0.15) is 25.7 Å². The standard InChI is InChI=1S/C6H9NO6/c8-3-1(5(10)11)7-2(4(3)9)6(12)13/h1-4,7-9H,(H,10,11)(H,12,13)/t1-,2-,3-,4-/m0/s1/i/hD. The lowest BCUT2D eigenvalue weighted by molar-refractivity contribution is -0.143. The fourth-order valence-corrected chi connectivity index (χ4v) is 1.14. The fraction of sp³-hybridized carbons (Fsp3) is 0.667. The first-order valence-electron chi connectivity index (χ1n) is 3.91. The molecule has 0 unspecified atom stereocenters. The Morgan fingerprint density at radius 2 is 1.38 bits per heavy atom. The molecule has 0 aromatic heterocycles.